The molecule has 1 saturated heterocycles. The Morgan fingerprint density at radius 3 is 2.88 bits per heavy atom. The molecule has 1 amide bonds. The van der Waals surface area contributed by atoms with Gasteiger partial charge >= 0.3 is 0 Å². The van der Waals surface area contributed by atoms with Crippen LogP contribution in [0.5, 0.6) is 0 Å². The molecule has 32 heavy (non-hydrogen) atoms. The number of halogens is 1. The predicted molar refractivity (Wildman–Crippen MR) is 127 cm³/mol. The van der Waals surface area contributed by atoms with E-state index < -0.39 is 5.82 Å². The minimum atomic E-state index is -0.458. The maximum atomic E-state index is 14.6. The molecular formula is C24H28FN5OS. The molecule has 1 aliphatic heterocycles. The van der Waals surface area contributed by atoms with Crippen molar-refractivity contribution in [1.29, 1.82) is 0 Å². The lowest BCUT2D eigenvalue weighted by Gasteiger charge is -2.22. The fourth-order valence-electron chi connectivity index (χ4n) is 4.25. The van der Waals surface area contributed by atoms with Crippen LogP contribution in [-0.4, -0.2) is 41.6 Å². The number of hydrogen-bond donors (Lipinski definition) is 3. The molecule has 8 heteroatoms. The van der Waals surface area contributed by atoms with Crippen LogP contribution in [0, 0.1) is 11.7 Å². The van der Waals surface area contributed by atoms with Crippen molar-refractivity contribution < 1.29 is 9.18 Å². The first kappa shape index (κ1) is 21.3. The van der Waals surface area contributed by atoms with Crippen molar-refractivity contribution in [2.24, 2.45) is 5.92 Å². The SMILES string of the molecule is O=C(NC1CC1)c1cccc2sc(-c3nc(NCCCC4CCNCC4)ncc3F)cc12. The van der Waals surface area contributed by atoms with E-state index in [1.165, 1.54) is 36.8 Å². The maximum Gasteiger partial charge on any atom is 0.252 e. The fraction of sp³-hybridized carbons (Fsp3) is 0.458. The average Bonchev–Trinajstić information content (AvgIpc) is 3.52. The van der Waals surface area contributed by atoms with Gasteiger partial charge in [0.2, 0.25) is 5.95 Å². The van der Waals surface area contributed by atoms with Gasteiger partial charge in [0, 0.05) is 28.2 Å². The van der Waals surface area contributed by atoms with Gasteiger partial charge in [-0.25, -0.2) is 14.4 Å². The molecule has 6 nitrogen and oxygen atoms in total. The quantitative estimate of drug-likeness (QED) is 0.435. The summed E-state index contributed by atoms with van der Waals surface area (Å²) in [4.78, 5) is 21.9. The number of rotatable bonds is 8. The summed E-state index contributed by atoms with van der Waals surface area (Å²) in [5.74, 6) is 0.700. The standard InChI is InChI=1S/C24H28FN5OS/c25-19-14-28-24(27-10-2-3-15-8-11-26-12-9-15)30-22(19)21-13-18-17(4-1-5-20(18)32-21)23(31)29-16-6-7-16/h1,4-5,13-16,26H,2-3,6-12H2,(H,29,31)(H,27,28,30). The fourth-order valence-corrected chi connectivity index (χ4v) is 5.33. The molecule has 5 rings (SSSR count). The minimum absolute atomic E-state index is 0.0679. The van der Waals surface area contributed by atoms with Crippen LogP contribution in [0.3, 0.4) is 0 Å². The Kier molecular flexibility index (Phi) is 6.32. The highest BCUT2D eigenvalue weighted by atomic mass is 32.1. The molecule has 3 heterocycles. The van der Waals surface area contributed by atoms with Crippen molar-refractivity contribution in [1.82, 2.24) is 20.6 Å². The van der Waals surface area contributed by atoms with Gasteiger partial charge in [0.05, 0.1) is 11.1 Å². The highest BCUT2D eigenvalue weighted by molar-refractivity contribution is 7.22. The van der Waals surface area contributed by atoms with Gasteiger partial charge in [-0.05, 0) is 75.7 Å². The molecule has 2 fully saturated rings. The lowest BCUT2D eigenvalue weighted by atomic mass is 9.93. The third-order valence-electron chi connectivity index (χ3n) is 6.23. The molecule has 0 radical (unpaired) electrons. The lowest BCUT2D eigenvalue weighted by molar-refractivity contribution is 0.0953. The Bertz CT molecular complexity index is 1110. The number of nitrogens with one attached hydrogen (secondary N) is 3. The molecule has 168 valence electrons. The van der Waals surface area contributed by atoms with Gasteiger partial charge in [-0.2, -0.15) is 0 Å². The van der Waals surface area contributed by atoms with Gasteiger partial charge in [-0.1, -0.05) is 6.07 Å². The lowest BCUT2D eigenvalue weighted by Crippen LogP contribution is -2.27. The second-order valence-electron chi connectivity index (χ2n) is 8.73. The van der Waals surface area contributed by atoms with Crippen LogP contribution in [0.15, 0.2) is 30.5 Å². The first-order valence-corrected chi connectivity index (χ1v) is 12.3. The molecule has 0 bridgehead atoms. The van der Waals surface area contributed by atoms with Gasteiger partial charge in [0.1, 0.15) is 5.69 Å². The normalized spacial score (nSPS) is 16.9. The Morgan fingerprint density at radius 2 is 2.06 bits per heavy atom. The Morgan fingerprint density at radius 1 is 1.22 bits per heavy atom. The summed E-state index contributed by atoms with van der Waals surface area (Å²) < 4.78 is 15.6. The van der Waals surface area contributed by atoms with E-state index in [1.54, 1.807) is 0 Å². The molecule has 1 saturated carbocycles. The zero-order valence-electron chi connectivity index (χ0n) is 18.0. The number of amides is 1. The van der Waals surface area contributed by atoms with Crippen molar-refractivity contribution in [3.8, 4) is 10.6 Å². The summed E-state index contributed by atoms with van der Waals surface area (Å²) in [5, 5.41) is 10.5. The summed E-state index contributed by atoms with van der Waals surface area (Å²) in [6.45, 7) is 3.00. The van der Waals surface area contributed by atoms with E-state index in [1.807, 2.05) is 24.3 Å². The van der Waals surface area contributed by atoms with Crippen LogP contribution >= 0.6 is 11.3 Å². The van der Waals surface area contributed by atoms with E-state index in [9.17, 15) is 9.18 Å². The van der Waals surface area contributed by atoms with Crippen molar-refractivity contribution >= 4 is 33.3 Å². The largest absolute Gasteiger partial charge is 0.354 e. The number of thiophene rings is 1. The molecule has 0 atom stereocenters. The van der Waals surface area contributed by atoms with Gasteiger partial charge in [0.25, 0.3) is 5.91 Å². The van der Waals surface area contributed by atoms with E-state index in [4.69, 9.17) is 0 Å². The Balaban J connectivity index is 1.30. The van der Waals surface area contributed by atoms with Crippen molar-refractivity contribution in [3.05, 3.63) is 41.8 Å². The Labute approximate surface area is 191 Å². The number of hydrogen-bond acceptors (Lipinski definition) is 6. The molecule has 2 aliphatic rings. The summed E-state index contributed by atoms with van der Waals surface area (Å²) in [5.41, 5.74) is 0.901. The summed E-state index contributed by atoms with van der Waals surface area (Å²) >= 11 is 1.44. The predicted octanol–water partition coefficient (Wildman–Crippen LogP) is 4.58. The van der Waals surface area contributed by atoms with E-state index in [0.29, 0.717) is 22.4 Å². The van der Waals surface area contributed by atoms with E-state index in [-0.39, 0.29) is 11.6 Å². The number of nitrogens with zero attached hydrogens (tertiary/aromatic N) is 2. The van der Waals surface area contributed by atoms with Crippen LogP contribution in [0.4, 0.5) is 10.3 Å². The van der Waals surface area contributed by atoms with Crippen LogP contribution in [-0.2, 0) is 0 Å². The molecule has 0 spiro atoms. The van der Waals surface area contributed by atoms with Crippen LogP contribution < -0.4 is 16.0 Å². The van der Waals surface area contributed by atoms with Crippen molar-refractivity contribution in [2.45, 2.75) is 44.6 Å². The van der Waals surface area contributed by atoms with Crippen molar-refractivity contribution in [3.63, 3.8) is 0 Å². The second-order valence-corrected chi connectivity index (χ2v) is 9.81. The number of benzene rings is 1. The third kappa shape index (κ3) is 4.91. The summed E-state index contributed by atoms with van der Waals surface area (Å²) in [6, 6.07) is 7.81. The zero-order chi connectivity index (χ0) is 21.9. The molecule has 1 aliphatic carbocycles. The first-order chi connectivity index (χ1) is 15.7. The smallest absolute Gasteiger partial charge is 0.252 e. The number of carbonyl (C=O) groups excluding carboxylic acids is 1. The average molecular weight is 454 g/mol. The number of fused-ring (bicyclic) bond motifs is 1. The van der Waals surface area contributed by atoms with Gasteiger partial charge in [0.15, 0.2) is 5.82 Å². The Hall–Kier alpha value is -2.58. The van der Waals surface area contributed by atoms with Crippen LogP contribution in [0.2, 0.25) is 0 Å². The minimum Gasteiger partial charge on any atom is -0.354 e. The van der Waals surface area contributed by atoms with E-state index >= 15 is 0 Å². The first-order valence-electron chi connectivity index (χ1n) is 11.5. The summed E-state index contributed by atoms with van der Waals surface area (Å²) in [6.07, 6.45) is 8.01. The topological polar surface area (TPSA) is 78.9 Å². The van der Waals surface area contributed by atoms with Crippen LogP contribution in [0.1, 0.15) is 48.9 Å². The number of carbonyl (C=O) groups is 1. The maximum absolute atomic E-state index is 14.6. The zero-order valence-corrected chi connectivity index (χ0v) is 18.8. The molecule has 0 unspecified atom stereocenters. The van der Waals surface area contributed by atoms with Crippen molar-refractivity contribution in [2.75, 3.05) is 25.0 Å². The summed E-state index contributed by atoms with van der Waals surface area (Å²) in [7, 11) is 0. The highest BCUT2D eigenvalue weighted by Gasteiger charge is 2.25. The molecular weight excluding hydrogens is 425 g/mol. The highest BCUT2D eigenvalue weighted by Crippen LogP contribution is 2.36. The molecule has 1 aromatic carbocycles. The van der Waals surface area contributed by atoms with Gasteiger partial charge in [-0.3, -0.25) is 4.79 Å². The second kappa shape index (κ2) is 9.50. The number of aromatic nitrogens is 2. The van der Waals surface area contributed by atoms with Gasteiger partial charge < -0.3 is 16.0 Å². The molecule has 2 aromatic heterocycles. The number of anilines is 1. The monoisotopic (exact) mass is 453 g/mol. The van der Waals surface area contributed by atoms with E-state index in [0.717, 1.165) is 54.9 Å². The van der Waals surface area contributed by atoms with Crippen LogP contribution in [0.25, 0.3) is 20.7 Å². The molecule has 3 aromatic rings. The van der Waals surface area contributed by atoms with E-state index in [2.05, 4.69) is 25.9 Å². The third-order valence-corrected chi connectivity index (χ3v) is 7.33. The molecule has 3 N–H and O–H groups in total. The number of piperidine rings is 1. The van der Waals surface area contributed by atoms with Gasteiger partial charge in [-0.15, -0.1) is 11.3 Å².